The van der Waals surface area contributed by atoms with E-state index in [0.29, 0.717) is 11.5 Å². The van der Waals surface area contributed by atoms with Crippen LogP contribution >= 0.6 is 0 Å². The Balaban J connectivity index is 2.31. The van der Waals surface area contributed by atoms with Crippen LogP contribution in [0.2, 0.25) is 0 Å². The summed E-state index contributed by atoms with van der Waals surface area (Å²) in [7, 11) is 1.47. The fraction of sp³-hybridized carbons (Fsp3) is 0.154. The van der Waals surface area contributed by atoms with Gasteiger partial charge >= 0.3 is 0 Å². The first-order valence-corrected chi connectivity index (χ1v) is 5.09. The first kappa shape index (κ1) is 11.3. The lowest BCUT2D eigenvalue weighted by Crippen LogP contribution is -1.93. The number of ether oxygens (including phenoxy) is 2. The average Bonchev–Trinajstić information content (AvgIpc) is 2.60. The van der Waals surface area contributed by atoms with Gasteiger partial charge < -0.3 is 14.6 Å². The number of ketones is 1. The minimum atomic E-state index is -0.158. The molecule has 4 heteroatoms. The molecule has 1 aliphatic rings. The molecular weight excluding hydrogens is 220 g/mol. The predicted octanol–water partition coefficient (Wildman–Crippen LogP) is 2.24. The molecule has 0 spiro atoms. The van der Waals surface area contributed by atoms with E-state index in [9.17, 15) is 9.90 Å². The van der Waals surface area contributed by atoms with Crippen LogP contribution in [-0.2, 0) is 9.53 Å². The number of aromatic hydroxyl groups is 1. The van der Waals surface area contributed by atoms with Crippen molar-refractivity contribution in [3.63, 3.8) is 0 Å². The van der Waals surface area contributed by atoms with Crippen LogP contribution < -0.4 is 4.74 Å². The normalized spacial score (nSPS) is 16.9. The van der Waals surface area contributed by atoms with Crippen molar-refractivity contribution in [3.05, 3.63) is 41.4 Å². The van der Waals surface area contributed by atoms with E-state index < -0.39 is 0 Å². The maximum Gasteiger partial charge on any atom is 0.224 e. The molecule has 88 valence electrons. The van der Waals surface area contributed by atoms with Crippen LogP contribution in [0, 0.1) is 0 Å². The summed E-state index contributed by atoms with van der Waals surface area (Å²) in [5.74, 6) is 1.11. The first-order chi connectivity index (χ1) is 8.10. The van der Waals surface area contributed by atoms with Gasteiger partial charge in [0.15, 0.2) is 17.3 Å². The van der Waals surface area contributed by atoms with Crippen LogP contribution in [0.4, 0.5) is 0 Å². The zero-order chi connectivity index (χ0) is 12.4. The average molecular weight is 232 g/mol. The van der Waals surface area contributed by atoms with Gasteiger partial charge in [0.05, 0.1) is 7.11 Å². The quantitative estimate of drug-likeness (QED) is 0.794. The number of hydrogen-bond acceptors (Lipinski definition) is 4. The summed E-state index contributed by atoms with van der Waals surface area (Å²) in [6, 6.07) is 4.81. The van der Waals surface area contributed by atoms with E-state index in [0.717, 1.165) is 5.56 Å². The van der Waals surface area contributed by atoms with Gasteiger partial charge in [-0.05, 0) is 30.7 Å². The zero-order valence-electron chi connectivity index (χ0n) is 9.56. The highest BCUT2D eigenvalue weighted by Gasteiger charge is 2.17. The largest absolute Gasteiger partial charge is 0.504 e. The monoisotopic (exact) mass is 232 g/mol. The summed E-state index contributed by atoms with van der Waals surface area (Å²) in [5.41, 5.74) is 0.728. The molecule has 17 heavy (non-hydrogen) atoms. The standard InChI is InChI=1S/C13H12O4/c1-8-5-11(15)13(17-8)7-9-3-4-10(14)12(6-9)16-2/h3-7,14H,1-2H3/b13-7+. The number of carbonyl (C=O) groups excluding carboxylic acids is 1. The second-order valence-corrected chi connectivity index (χ2v) is 3.66. The van der Waals surface area contributed by atoms with Crippen LogP contribution in [-0.4, -0.2) is 18.0 Å². The number of rotatable bonds is 2. The molecule has 1 N–H and O–H groups in total. The van der Waals surface area contributed by atoms with E-state index in [1.807, 2.05) is 0 Å². The summed E-state index contributed by atoms with van der Waals surface area (Å²) >= 11 is 0. The molecule has 0 saturated heterocycles. The molecule has 4 nitrogen and oxygen atoms in total. The lowest BCUT2D eigenvalue weighted by Gasteiger charge is -2.04. The third-order valence-corrected chi connectivity index (χ3v) is 2.35. The number of phenols is 1. The number of allylic oxidation sites excluding steroid dienone is 2. The second kappa shape index (κ2) is 4.33. The van der Waals surface area contributed by atoms with Crippen molar-refractivity contribution in [3.8, 4) is 11.5 Å². The van der Waals surface area contributed by atoms with E-state index in [4.69, 9.17) is 9.47 Å². The molecule has 0 saturated carbocycles. The van der Waals surface area contributed by atoms with Gasteiger partial charge in [-0.25, -0.2) is 0 Å². The van der Waals surface area contributed by atoms with E-state index in [-0.39, 0.29) is 17.3 Å². The maximum atomic E-state index is 11.5. The molecule has 0 amide bonds. The summed E-state index contributed by atoms with van der Waals surface area (Å²) < 4.78 is 10.2. The van der Waals surface area contributed by atoms with Crippen molar-refractivity contribution in [2.45, 2.75) is 6.92 Å². The van der Waals surface area contributed by atoms with E-state index in [1.165, 1.54) is 19.3 Å². The van der Waals surface area contributed by atoms with Gasteiger partial charge in [0, 0.05) is 6.08 Å². The van der Waals surface area contributed by atoms with Gasteiger partial charge in [-0.1, -0.05) is 6.07 Å². The highest BCUT2D eigenvalue weighted by Crippen LogP contribution is 2.28. The van der Waals surface area contributed by atoms with E-state index in [2.05, 4.69) is 0 Å². The van der Waals surface area contributed by atoms with Crippen LogP contribution in [0.25, 0.3) is 6.08 Å². The number of benzene rings is 1. The SMILES string of the molecule is COc1cc(/C=C2/OC(C)=CC2=O)ccc1O. The second-order valence-electron chi connectivity index (χ2n) is 3.66. The third kappa shape index (κ3) is 2.30. The van der Waals surface area contributed by atoms with Crippen LogP contribution in [0.1, 0.15) is 12.5 Å². The molecular formula is C13H12O4. The Morgan fingerprint density at radius 1 is 1.41 bits per heavy atom. The van der Waals surface area contributed by atoms with Crippen LogP contribution in [0.15, 0.2) is 35.8 Å². The Kier molecular flexibility index (Phi) is 2.87. The van der Waals surface area contributed by atoms with E-state index >= 15 is 0 Å². The lowest BCUT2D eigenvalue weighted by atomic mass is 10.1. The van der Waals surface area contributed by atoms with Crippen molar-refractivity contribution in [1.29, 1.82) is 0 Å². The van der Waals surface area contributed by atoms with Gasteiger partial charge in [-0.2, -0.15) is 0 Å². The minimum Gasteiger partial charge on any atom is -0.504 e. The highest BCUT2D eigenvalue weighted by molar-refractivity contribution is 6.07. The number of methoxy groups -OCH3 is 1. The molecule has 1 aliphatic heterocycles. The molecule has 1 aromatic carbocycles. The first-order valence-electron chi connectivity index (χ1n) is 5.09. The Morgan fingerprint density at radius 3 is 2.76 bits per heavy atom. The van der Waals surface area contributed by atoms with Gasteiger partial charge in [0.1, 0.15) is 5.76 Å². The Labute approximate surface area is 98.8 Å². The summed E-state index contributed by atoms with van der Waals surface area (Å²) in [5, 5.41) is 9.44. The maximum absolute atomic E-state index is 11.5. The summed E-state index contributed by atoms with van der Waals surface area (Å²) in [6.07, 6.45) is 3.04. The number of carbonyl (C=O) groups is 1. The highest BCUT2D eigenvalue weighted by atomic mass is 16.5. The van der Waals surface area contributed by atoms with Crippen molar-refractivity contribution >= 4 is 11.9 Å². The van der Waals surface area contributed by atoms with Crippen LogP contribution in [0.3, 0.4) is 0 Å². The third-order valence-electron chi connectivity index (χ3n) is 2.35. The zero-order valence-corrected chi connectivity index (χ0v) is 9.56. The van der Waals surface area contributed by atoms with E-state index in [1.54, 1.807) is 25.1 Å². The molecule has 0 radical (unpaired) electrons. The summed E-state index contributed by atoms with van der Waals surface area (Å²) in [4.78, 5) is 11.5. The van der Waals surface area contributed by atoms with Gasteiger partial charge in [-0.3, -0.25) is 4.79 Å². The Morgan fingerprint density at radius 2 is 2.18 bits per heavy atom. The van der Waals surface area contributed by atoms with Gasteiger partial charge in [0.2, 0.25) is 5.78 Å². The fourth-order valence-electron chi connectivity index (χ4n) is 1.54. The molecule has 0 bridgehead atoms. The fourth-order valence-corrected chi connectivity index (χ4v) is 1.54. The molecule has 1 heterocycles. The molecule has 0 atom stereocenters. The lowest BCUT2D eigenvalue weighted by molar-refractivity contribution is -0.112. The predicted molar refractivity (Wildman–Crippen MR) is 62.5 cm³/mol. The molecule has 0 fully saturated rings. The Bertz CT molecular complexity index is 526. The molecule has 0 unspecified atom stereocenters. The van der Waals surface area contributed by atoms with Crippen molar-refractivity contribution in [2.75, 3.05) is 7.11 Å². The van der Waals surface area contributed by atoms with Crippen LogP contribution in [0.5, 0.6) is 11.5 Å². The molecule has 2 rings (SSSR count). The number of phenolic OH excluding ortho intramolecular Hbond substituents is 1. The Hall–Kier alpha value is -2.23. The molecule has 0 aliphatic carbocycles. The van der Waals surface area contributed by atoms with Gasteiger partial charge in [0.25, 0.3) is 0 Å². The van der Waals surface area contributed by atoms with Gasteiger partial charge in [-0.15, -0.1) is 0 Å². The number of hydrogen-bond donors (Lipinski definition) is 1. The van der Waals surface area contributed by atoms with Crippen molar-refractivity contribution < 1.29 is 19.4 Å². The summed E-state index contributed by atoms with van der Waals surface area (Å²) in [6.45, 7) is 1.72. The minimum absolute atomic E-state index is 0.0580. The molecule has 0 aromatic heterocycles. The topological polar surface area (TPSA) is 55.8 Å². The van der Waals surface area contributed by atoms with Crippen molar-refractivity contribution in [1.82, 2.24) is 0 Å². The molecule has 1 aromatic rings. The smallest absolute Gasteiger partial charge is 0.224 e. The van der Waals surface area contributed by atoms with Crippen molar-refractivity contribution in [2.24, 2.45) is 0 Å².